The van der Waals surface area contributed by atoms with E-state index in [4.69, 9.17) is 4.74 Å². The highest BCUT2D eigenvalue weighted by atomic mass is 16.5. The first-order valence-electron chi connectivity index (χ1n) is 7.30. The van der Waals surface area contributed by atoms with Crippen LogP contribution >= 0.6 is 0 Å². The van der Waals surface area contributed by atoms with Crippen molar-refractivity contribution in [2.75, 3.05) is 13.7 Å². The molecule has 1 aliphatic rings. The zero-order valence-electron chi connectivity index (χ0n) is 12.4. The fraction of sp³-hybridized carbons (Fsp3) is 0.625. The van der Waals surface area contributed by atoms with E-state index in [-0.39, 0.29) is 17.3 Å². The van der Waals surface area contributed by atoms with Crippen LogP contribution in [0.3, 0.4) is 0 Å². The normalized spacial score (nSPS) is 26.4. The third kappa shape index (κ3) is 3.44. The van der Waals surface area contributed by atoms with Gasteiger partial charge in [0.1, 0.15) is 11.5 Å². The van der Waals surface area contributed by atoms with Gasteiger partial charge in [-0.05, 0) is 31.0 Å². The lowest BCUT2D eigenvalue weighted by atomic mass is 9.73. The molecule has 0 spiro atoms. The first kappa shape index (κ1) is 15.1. The van der Waals surface area contributed by atoms with Crippen molar-refractivity contribution in [3.05, 3.63) is 23.8 Å². The van der Waals surface area contributed by atoms with Crippen LogP contribution in [0.5, 0.6) is 11.5 Å². The quantitative estimate of drug-likeness (QED) is 0.774. The van der Waals surface area contributed by atoms with Gasteiger partial charge < -0.3 is 20.3 Å². The van der Waals surface area contributed by atoms with Crippen LogP contribution in [0.15, 0.2) is 18.2 Å². The summed E-state index contributed by atoms with van der Waals surface area (Å²) in [7, 11) is 1.61. The van der Waals surface area contributed by atoms with E-state index in [2.05, 4.69) is 12.2 Å². The number of hydrogen-bond acceptors (Lipinski definition) is 4. The fourth-order valence-corrected chi connectivity index (χ4v) is 2.90. The Morgan fingerprint density at radius 2 is 2.20 bits per heavy atom. The maximum absolute atomic E-state index is 10.2. The van der Waals surface area contributed by atoms with Gasteiger partial charge >= 0.3 is 0 Å². The van der Waals surface area contributed by atoms with E-state index in [1.54, 1.807) is 19.2 Å². The molecule has 0 radical (unpaired) electrons. The molecule has 0 saturated heterocycles. The highest BCUT2D eigenvalue weighted by Crippen LogP contribution is 2.35. The van der Waals surface area contributed by atoms with Crippen molar-refractivity contribution < 1.29 is 14.9 Å². The Hall–Kier alpha value is -1.26. The number of ether oxygens (including phenoxy) is 1. The minimum Gasteiger partial charge on any atom is -0.508 e. The highest BCUT2D eigenvalue weighted by Gasteiger charge is 2.34. The fourth-order valence-electron chi connectivity index (χ4n) is 2.90. The maximum Gasteiger partial charge on any atom is 0.120 e. The summed E-state index contributed by atoms with van der Waals surface area (Å²) >= 11 is 0. The second-order valence-corrected chi connectivity index (χ2v) is 6.01. The molecule has 0 bridgehead atoms. The van der Waals surface area contributed by atoms with Crippen LogP contribution in [0.4, 0.5) is 0 Å². The molecule has 4 heteroatoms. The molecule has 2 rings (SSSR count). The predicted octanol–water partition coefficient (Wildman–Crippen LogP) is 2.43. The summed E-state index contributed by atoms with van der Waals surface area (Å²) in [5.74, 6) is 1.01. The summed E-state index contributed by atoms with van der Waals surface area (Å²) in [6.45, 7) is 3.46. The van der Waals surface area contributed by atoms with Gasteiger partial charge in [-0.2, -0.15) is 0 Å². The second-order valence-electron chi connectivity index (χ2n) is 6.01. The van der Waals surface area contributed by atoms with Crippen molar-refractivity contribution in [2.24, 2.45) is 5.41 Å². The molecule has 4 nitrogen and oxygen atoms in total. The Morgan fingerprint density at radius 3 is 2.90 bits per heavy atom. The minimum absolute atomic E-state index is 0.0628. The monoisotopic (exact) mass is 279 g/mol. The third-order valence-electron chi connectivity index (χ3n) is 4.41. The summed E-state index contributed by atoms with van der Waals surface area (Å²) in [6, 6.07) is 5.22. The molecule has 1 aromatic carbocycles. The molecule has 2 unspecified atom stereocenters. The van der Waals surface area contributed by atoms with E-state index < -0.39 is 0 Å². The lowest BCUT2D eigenvalue weighted by Crippen LogP contribution is -2.43. The van der Waals surface area contributed by atoms with Crippen LogP contribution in [0.1, 0.15) is 38.2 Å². The molecule has 0 aliphatic heterocycles. The molecule has 2 atom stereocenters. The number of nitrogens with one attached hydrogen (secondary N) is 1. The van der Waals surface area contributed by atoms with E-state index in [0.29, 0.717) is 6.54 Å². The van der Waals surface area contributed by atoms with Crippen LogP contribution in [-0.2, 0) is 6.54 Å². The molecule has 0 aromatic heterocycles. The zero-order valence-corrected chi connectivity index (χ0v) is 12.4. The molecule has 1 aliphatic carbocycles. The van der Waals surface area contributed by atoms with E-state index in [9.17, 15) is 10.2 Å². The molecule has 1 aromatic rings. The van der Waals surface area contributed by atoms with Crippen LogP contribution in [-0.4, -0.2) is 30.0 Å². The van der Waals surface area contributed by atoms with Crippen LogP contribution in [0.2, 0.25) is 0 Å². The maximum atomic E-state index is 10.2. The first-order valence-corrected chi connectivity index (χ1v) is 7.30. The van der Waals surface area contributed by atoms with Crippen molar-refractivity contribution >= 4 is 0 Å². The number of aliphatic hydroxyl groups is 1. The van der Waals surface area contributed by atoms with E-state index >= 15 is 0 Å². The average molecular weight is 279 g/mol. The summed E-state index contributed by atoms with van der Waals surface area (Å²) in [5, 5.41) is 23.4. The smallest absolute Gasteiger partial charge is 0.120 e. The van der Waals surface area contributed by atoms with Gasteiger partial charge in [-0.3, -0.25) is 0 Å². The Balaban J connectivity index is 1.92. The van der Waals surface area contributed by atoms with Gasteiger partial charge in [0.2, 0.25) is 0 Å². The largest absolute Gasteiger partial charge is 0.508 e. The van der Waals surface area contributed by atoms with Crippen LogP contribution in [0, 0.1) is 5.41 Å². The molecule has 20 heavy (non-hydrogen) atoms. The van der Waals surface area contributed by atoms with Crippen LogP contribution < -0.4 is 10.1 Å². The average Bonchev–Trinajstić information content (AvgIpc) is 2.44. The number of aliphatic hydroxyl groups excluding tert-OH is 1. The molecular weight excluding hydrogens is 254 g/mol. The summed E-state index contributed by atoms with van der Waals surface area (Å²) in [4.78, 5) is 0. The van der Waals surface area contributed by atoms with E-state index in [1.165, 1.54) is 6.42 Å². The molecule has 1 fully saturated rings. The van der Waals surface area contributed by atoms with Gasteiger partial charge in [0.15, 0.2) is 0 Å². The molecular formula is C16H25NO3. The Kier molecular flexibility index (Phi) is 4.89. The molecule has 3 N–H and O–H groups in total. The number of phenols is 1. The third-order valence-corrected chi connectivity index (χ3v) is 4.41. The SMILES string of the molecule is COc1ccc(O)c(CNCC2(C)CCCCC2O)c1. The number of benzene rings is 1. The van der Waals surface area contributed by atoms with E-state index in [0.717, 1.165) is 37.1 Å². The number of aromatic hydroxyl groups is 1. The molecule has 112 valence electrons. The zero-order chi connectivity index (χ0) is 14.6. The second kappa shape index (κ2) is 6.46. The van der Waals surface area contributed by atoms with Gasteiger partial charge in [-0.25, -0.2) is 0 Å². The van der Waals surface area contributed by atoms with Crippen molar-refractivity contribution in [1.29, 1.82) is 0 Å². The highest BCUT2D eigenvalue weighted by molar-refractivity contribution is 5.39. The predicted molar refractivity (Wildman–Crippen MR) is 78.9 cm³/mol. The number of phenolic OH excluding ortho intramolecular Hbond substituents is 1. The van der Waals surface area contributed by atoms with Crippen molar-refractivity contribution in [3.8, 4) is 11.5 Å². The Bertz CT molecular complexity index is 449. The van der Waals surface area contributed by atoms with Crippen molar-refractivity contribution in [3.63, 3.8) is 0 Å². The lowest BCUT2D eigenvalue weighted by molar-refractivity contribution is 0.00113. The molecule has 0 amide bonds. The summed E-state index contributed by atoms with van der Waals surface area (Å²) in [5.41, 5.74) is 0.755. The van der Waals surface area contributed by atoms with E-state index in [1.807, 2.05) is 6.07 Å². The number of rotatable bonds is 5. The first-order chi connectivity index (χ1) is 9.55. The number of methoxy groups -OCH3 is 1. The van der Waals surface area contributed by atoms with Gasteiger partial charge in [-0.1, -0.05) is 19.8 Å². The standard InChI is InChI=1S/C16H25NO3/c1-16(8-4-3-5-15(16)19)11-17-10-12-9-13(20-2)6-7-14(12)18/h6-7,9,15,17-19H,3-5,8,10-11H2,1-2H3. The van der Waals surface area contributed by atoms with Gasteiger partial charge in [0.25, 0.3) is 0 Å². The minimum atomic E-state index is -0.234. The lowest BCUT2D eigenvalue weighted by Gasteiger charge is -2.38. The molecule has 1 saturated carbocycles. The van der Waals surface area contributed by atoms with Gasteiger partial charge in [0.05, 0.1) is 13.2 Å². The Morgan fingerprint density at radius 1 is 1.40 bits per heavy atom. The van der Waals surface area contributed by atoms with Crippen LogP contribution in [0.25, 0.3) is 0 Å². The molecule has 0 heterocycles. The Labute approximate surface area is 120 Å². The van der Waals surface area contributed by atoms with Gasteiger partial charge in [-0.15, -0.1) is 0 Å². The topological polar surface area (TPSA) is 61.7 Å². The number of hydrogen-bond donors (Lipinski definition) is 3. The summed E-state index contributed by atoms with van der Waals surface area (Å²) in [6.07, 6.45) is 4.00. The van der Waals surface area contributed by atoms with Crippen molar-refractivity contribution in [2.45, 2.75) is 45.3 Å². The summed E-state index contributed by atoms with van der Waals surface area (Å²) < 4.78 is 5.16. The van der Waals surface area contributed by atoms with Gasteiger partial charge in [0, 0.05) is 24.1 Å². The van der Waals surface area contributed by atoms with Crippen molar-refractivity contribution in [1.82, 2.24) is 5.32 Å².